The normalized spacial score (nSPS) is 11.1. The summed E-state index contributed by atoms with van der Waals surface area (Å²) < 4.78 is 31.6. The molecule has 5 nitrogen and oxygen atoms in total. The van der Waals surface area contributed by atoms with Gasteiger partial charge in [0.15, 0.2) is 4.96 Å². The summed E-state index contributed by atoms with van der Waals surface area (Å²) in [6.45, 7) is -0.212. The number of alkyl halides is 2. The number of esters is 1. The second-order valence-corrected chi connectivity index (χ2v) is 6.50. The molecule has 9 heteroatoms. The smallest absolute Gasteiger partial charge is 0.339 e. The molecule has 0 bridgehead atoms. The number of fused-ring (bicyclic) bond motifs is 1. The van der Waals surface area contributed by atoms with Crippen LogP contribution in [0.1, 0.15) is 16.1 Å². The molecule has 3 rings (SSSR count). The average molecular weight is 368 g/mol. The molecular formula is C15H10F2N2O3S2. The first kappa shape index (κ1) is 16.6. The van der Waals surface area contributed by atoms with Crippen LogP contribution in [0.15, 0.2) is 51.6 Å². The van der Waals surface area contributed by atoms with Crippen molar-refractivity contribution in [3.63, 3.8) is 0 Å². The standard InChI is InChI=1S/C15H10F2N2O3S2/c16-14(17)24-11-4-2-1-3-10(11)13(21)22-8-9-7-12(20)19-5-6-23-15(19)18-9/h1-7,14H,8H2. The Kier molecular flexibility index (Phi) is 4.91. The van der Waals surface area contributed by atoms with Gasteiger partial charge in [0.05, 0.1) is 11.3 Å². The Balaban J connectivity index is 1.76. The number of benzene rings is 1. The van der Waals surface area contributed by atoms with Crippen molar-refractivity contribution in [2.24, 2.45) is 0 Å². The predicted molar refractivity (Wildman–Crippen MR) is 86.8 cm³/mol. The summed E-state index contributed by atoms with van der Waals surface area (Å²) in [4.78, 5) is 28.8. The van der Waals surface area contributed by atoms with E-state index in [9.17, 15) is 18.4 Å². The summed E-state index contributed by atoms with van der Waals surface area (Å²) in [7, 11) is 0. The molecule has 0 aliphatic rings. The maximum Gasteiger partial charge on any atom is 0.339 e. The predicted octanol–water partition coefficient (Wildman–Crippen LogP) is 3.43. The molecule has 0 unspecified atom stereocenters. The van der Waals surface area contributed by atoms with Gasteiger partial charge in [-0.3, -0.25) is 9.20 Å². The van der Waals surface area contributed by atoms with Crippen LogP contribution in [0, 0.1) is 0 Å². The van der Waals surface area contributed by atoms with E-state index < -0.39 is 11.7 Å². The van der Waals surface area contributed by atoms with Crippen molar-refractivity contribution in [1.82, 2.24) is 9.38 Å². The van der Waals surface area contributed by atoms with E-state index in [2.05, 4.69) is 4.98 Å². The van der Waals surface area contributed by atoms with Crippen molar-refractivity contribution in [1.29, 1.82) is 0 Å². The molecular weight excluding hydrogens is 358 g/mol. The number of rotatable bonds is 5. The molecule has 0 saturated heterocycles. The summed E-state index contributed by atoms with van der Waals surface area (Å²) in [6, 6.07) is 7.24. The van der Waals surface area contributed by atoms with Gasteiger partial charge in [-0.25, -0.2) is 9.78 Å². The molecule has 0 N–H and O–H groups in total. The van der Waals surface area contributed by atoms with Gasteiger partial charge in [-0.15, -0.1) is 11.3 Å². The third-order valence-electron chi connectivity index (χ3n) is 3.03. The molecule has 0 radical (unpaired) electrons. The highest BCUT2D eigenvalue weighted by Crippen LogP contribution is 2.28. The van der Waals surface area contributed by atoms with Crippen molar-refractivity contribution in [2.45, 2.75) is 17.3 Å². The molecule has 0 aliphatic carbocycles. The molecule has 0 spiro atoms. The van der Waals surface area contributed by atoms with E-state index in [1.165, 1.54) is 33.9 Å². The largest absolute Gasteiger partial charge is 0.456 e. The number of hydrogen-bond acceptors (Lipinski definition) is 6. The van der Waals surface area contributed by atoms with Gasteiger partial charge >= 0.3 is 5.97 Å². The van der Waals surface area contributed by atoms with E-state index in [0.29, 0.717) is 10.7 Å². The lowest BCUT2D eigenvalue weighted by atomic mass is 10.2. The average Bonchev–Trinajstić information content (AvgIpc) is 3.01. The number of ether oxygens (including phenoxy) is 1. The Hall–Kier alpha value is -2.26. The fraction of sp³-hybridized carbons (Fsp3) is 0.133. The van der Waals surface area contributed by atoms with Crippen LogP contribution in [0.3, 0.4) is 0 Å². The lowest BCUT2D eigenvalue weighted by Crippen LogP contribution is -2.15. The molecule has 24 heavy (non-hydrogen) atoms. The van der Waals surface area contributed by atoms with Gasteiger partial charge in [0, 0.05) is 22.5 Å². The second-order valence-electron chi connectivity index (χ2n) is 4.59. The Morgan fingerprint density at radius 2 is 2.17 bits per heavy atom. The summed E-state index contributed by atoms with van der Waals surface area (Å²) in [5.74, 6) is -3.38. The maximum absolute atomic E-state index is 12.5. The van der Waals surface area contributed by atoms with Crippen LogP contribution in [0.5, 0.6) is 0 Å². The number of nitrogens with zero attached hydrogens (tertiary/aromatic N) is 2. The van der Waals surface area contributed by atoms with Gasteiger partial charge in [0.2, 0.25) is 0 Å². The molecule has 2 heterocycles. The number of halogens is 2. The quantitative estimate of drug-likeness (QED) is 0.510. The number of aromatic nitrogens is 2. The van der Waals surface area contributed by atoms with E-state index in [-0.39, 0.29) is 34.4 Å². The third-order valence-corrected chi connectivity index (χ3v) is 4.58. The zero-order valence-electron chi connectivity index (χ0n) is 12.0. The van der Waals surface area contributed by atoms with E-state index in [1.54, 1.807) is 23.7 Å². The van der Waals surface area contributed by atoms with Gasteiger partial charge in [-0.05, 0) is 12.1 Å². The zero-order valence-corrected chi connectivity index (χ0v) is 13.7. The summed E-state index contributed by atoms with van der Waals surface area (Å²) in [5, 5.41) is 1.72. The van der Waals surface area contributed by atoms with Crippen molar-refractivity contribution >= 4 is 34.0 Å². The zero-order chi connectivity index (χ0) is 17.1. The van der Waals surface area contributed by atoms with Crippen LogP contribution in [0.2, 0.25) is 0 Å². The summed E-state index contributed by atoms with van der Waals surface area (Å²) in [5.41, 5.74) is 0.0764. The molecule has 0 atom stereocenters. The van der Waals surface area contributed by atoms with Crippen molar-refractivity contribution in [2.75, 3.05) is 0 Å². The van der Waals surface area contributed by atoms with E-state index in [4.69, 9.17) is 4.74 Å². The fourth-order valence-electron chi connectivity index (χ4n) is 2.01. The fourth-order valence-corrected chi connectivity index (χ4v) is 3.38. The van der Waals surface area contributed by atoms with Gasteiger partial charge in [-0.2, -0.15) is 8.78 Å². The van der Waals surface area contributed by atoms with Crippen LogP contribution < -0.4 is 5.56 Å². The van der Waals surface area contributed by atoms with E-state index in [0.717, 1.165) is 0 Å². The highest BCUT2D eigenvalue weighted by atomic mass is 32.2. The van der Waals surface area contributed by atoms with Gasteiger partial charge < -0.3 is 4.74 Å². The van der Waals surface area contributed by atoms with Gasteiger partial charge in [0.1, 0.15) is 6.61 Å². The summed E-state index contributed by atoms with van der Waals surface area (Å²) in [6.07, 6.45) is 1.60. The van der Waals surface area contributed by atoms with Crippen molar-refractivity contribution in [3.8, 4) is 0 Å². The number of thioether (sulfide) groups is 1. The van der Waals surface area contributed by atoms with Crippen LogP contribution >= 0.6 is 23.1 Å². The number of carbonyl (C=O) groups excluding carboxylic acids is 1. The van der Waals surface area contributed by atoms with Crippen molar-refractivity contribution < 1.29 is 18.3 Å². The lowest BCUT2D eigenvalue weighted by Gasteiger charge is -2.08. The molecule has 0 fully saturated rings. The van der Waals surface area contributed by atoms with Crippen LogP contribution in [0.4, 0.5) is 8.78 Å². The number of hydrogen-bond donors (Lipinski definition) is 0. The highest BCUT2D eigenvalue weighted by Gasteiger charge is 2.16. The minimum absolute atomic E-state index is 0.0525. The highest BCUT2D eigenvalue weighted by molar-refractivity contribution is 7.99. The van der Waals surface area contributed by atoms with Crippen LogP contribution in [-0.4, -0.2) is 21.1 Å². The van der Waals surface area contributed by atoms with E-state index >= 15 is 0 Å². The molecule has 1 aromatic carbocycles. The minimum atomic E-state index is -2.64. The SMILES string of the molecule is O=C(OCc1cc(=O)n2ccsc2n1)c1ccccc1SC(F)F. The van der Waals surface area contributed by atoms with Crippen LogP contribution in [0.25, 0.3) is 4.96 Å². The molecule has 3 aromatic rings. The number of carbonyl (C=O) groups is 1. The number of thiazole rings is 1. The molecule has 0 saturated carbocycles. The lowest BCUT2D eigenvalue weighted by molar-refractivity contribution is 0.0463. The first-order valence-electron chi connectivity index (χ1n) is 6.71. The Morgan fingerprint density at radius 3 is 2.96 bits per heavy atom. The Labute approximate surface area is 142 Å². The van der Waals surface area contributed by atoms with Crippen LogP contribution in [-0.2, 0) is 11.3 Å². The molecule has 124 valence electrons. The Bertz CT molecular complexity index is 940. The summed E-state index contributed by atoms with van der Waals surface area (Å²) >= 11 is 1.56. The monoisotopic (exact) mass is 368 g/mol. The van der Waals surface area contributed by atoms with E-state index in [1.807, 2.05) is 0 Å². The molecule has 0 aliphatic heterocycles. The van der Waals surface area contributed by atoms with Gasteiger partial charge in [0.25, 0.3) is 11.3 Å². The molecule has 2 aromatic heterocycles. The Morgan fingerprint density at radius 1 is 1.38 bits per heavy atom. The first-order chi connectivity index (χ1) is 11.5. The third kappa shape index (κ3) is 3.62. The maximum atomic E-state index is 12.5. The van der Waals surface area contributed by atoms with Gasteiger partial charge in [-0.1, -0.05) is 23.9 Å². The second kappa shape index (κ2) is 7.10. The van der Waals surface area contributed by atoms with Crippen molar-refractivity contribution in [3.05, 3.63) is 63.5 Å². The minimum Gasteiger partial charge on any atom is -0.456 e. The topological polar surface area (TPSA) is 60.7 Å². The molecule has 0 amide bonds. The first-order valence-corrected chi connectivity index (χ1v) is 8.47.